The van der Waals surface area contributed by atoms with Gasteiger partial charge >= 0.3 is 0 Å². The van der Waals surface area contributed by atoms with Crippen molar-refractivity contribution in [2.75, 3.05) is 17.7 Å². The molecule has 0 bridgehead atoms. The number of amides is 1. The molecule has 0 radical (unpaired) electrons. The maximum absolute atomic E-state index is 11.9. The molecule has 1 amide bonds. The predicted octanol–water partition coefficient (Wildman–Crippen LogP) is 2.58. The number of carbonyl (C=O) groups is 1. The molecule has 88 valence electrons. The Hall–Kier alpha value is -1.03. The van der Waals surface area contributed by atoms with Crippen molar-refractivity contribution in [3.8, 4) is 0 Å². The van der Waals surface area contributed by atoms with Crippen molar-refractivity contribution in [2.45, 2.75) is 25.5 Å². The molecule has 0 spiro atoms. The minimum atomic E-state index is 0.0821. The molecule has 0 atom stereocenters. The van der Waals surface area contributed by atoms with E-state index in [2.05, 4.69) is 25.8 Å². The van der Waals surface area contributed by atoms with Crippen LogP contribution in [-0.2, 0) is 4.79 Å². The lowest BCUT2D eigenvalue weighted by molar-refractivity contribution is -0.115. The summed E-state index contributed by atoms with van der Waals surface area (Å²) in [6.07, 6.45) is 1.69. The van der Waals surface area contributed by atoms with E-state index < -0.39 is 0 Å². The van der Waals surface area contributed by atoms with Crippen molar-refractivity contribution in [2.24, 2.45) is 0 Å². The van der Waals surface area contributed by atoms with Crippen LogP contribution in [0, 0.1) is 0 Å². The van der Waals surface area contributed by atoms with E-state index in [-0.39, 0.29) is 10.7 Å². The monoisotopic (exact) mass is 238 g/mol. The van der Waals surface area contributed by atoms with Gasteiger partial charge in [0.05, 0.1) is 5.75 Å². The summed E-state index contributed by atoms with van der Waals surface area (Å²) in [6, 6.07) is 5.55. The molecule has 0 aliphatic rings. The van der Waals surface area contributed by atoms with Gasteiger partial charge in [-0.15, -0.1) is 11.8 Å². The maximum Gasteiger partial charge on any atom is 0.237 e. The molecular weight excluding hydrogens is 220 g/mol. The van der Waals surface area contributed by atoms with E-state index in [1.54, 1.807) is 29.9 Å². The van der Waals surface area contributed by atoms with Crippen molar-refractivity contribution >= 4 is 23.5 Å². The second kappa shape index (κ2) is 5.34. The molecule has 4 heteroatoms. The van der Waals surface area contributed by atoms with Gasteiger partial charge in [0, 0.05) is 18.0 Å². The number of carbonyl (C=O) groups excluding carboxylic acids is 1. The Morgan fingerprint density at radius 1 is 1.44 bits per heavy atom. The second-order valence-corrected chi connectivity index (χ2v) is 6.34. The molecular formula is C12H18N2OS. The summed E-state index contributed by atoms with van der Waals surface area (Å²) < 4.78 is 0.112. The third-order valence-corrected chi connectivity index (χ3v) is 3.25. The average molecular weight is 238 g/mol. The van der Waals surface area contributed by atoms with Gasteiger partial charge in [-0.05, 0) is 12.1 Å². The van der Waals surface area contributed by atoms with Gasteiger partial charge in [-0.25, -0.2) is 4.98 Å². The summed E-state index contributed by atoms with van der Waals surface area (Å²) in [5.74, 6) is 1.26. The second-order valence-electron chi connectivity index (χ2n) is 4.54. The average Bonchev–Trinajstić information content (AvgIpc) is 2.25. The molecule has 0 fully saturated rings. The molecule has 0 aromatic carbocycles. The van der Waals surface area contributed by atoms with Crippen molar-refractivity contribution < 1.29 is 4.79 Å². The first-order chi connectivity index (χ1) is 7.40. The van der Waals surface area contributed by atoms with Gasteiger partial charge in [0.25, 0.3) is 0 Å². The molecule has 0 aliphatic carbocycles. The Bertz CT molecular complexity index is 346. The quantitative estimate of drug-likeness (QED) is 0.811. The summed E-state index contributed by atoms with van der Waals surface area (Å²) >= 11 is 1.65. The molecule has 1 aromatic heterocycles. The highest BCUT2D eigenvalue weighted by Crippen LogP contribution is 2.23. The molecule has 0 aliphatic heterocycles. The molecule has 0 unspecified atom stereocenters. The number of anilines is 1. The standard InChI is InChI=1S/C12H18N2OS/c1-12(2,3)16-9-11(15)14(4)10-7-5-6-8-13-10/h5-8H,9H2,1-4H3. The van der Waals surface area contributed by atoms with Crippen LogP contribution < -0.4 is 4.90 Å². The summed E-state index contributed by atoms with van der Waals surface area (Å²) in [5, 5.41) is 0. The normalized spacial score (nSPS) is 11.2. The first kappa shape index (κ1) is 13.0. The van der Waals surface area contributed by atoms with Gasteiger partial charge in [-0.3, -0.25) is 9.69 Å². The van der Waals surface area contributed by atoms with Crippen molar-refractivity contribution in [3.05, 3.63) is 24.4 Å². The zero-order chi connectivity index (χ0) is 12.2. The van der Waals surface area contributed by atoms with Crippen LogP contribution in [0.1, 0.15) is 20.8 Å². The number of hydrogen-bond donors (Lipinski definition) is 0. The lowest BCUT2D eigenvalue weighted by Gasteiger charge is -2.20. The van der Waals surface area contributed by atoms with Crippen molar-refractivity contribution in [1.29, 1.82) is 0 Å². The Kier molecular flexibility index (Phi) is 4.35. The first-order valence-electron chi connectivity index (χ1n) is 5.22. The van der Waals surface area contributed by atoms with Gasteiger partial charge in [-0.2, -0.15) is 0 Å². The molecule has 0 saturated carbocycles. The Morgan fingerprint density at radius 3 is 2.62 bits per heavy atom. The van der Waals surface area contributed by atoms with E-state index in [4.69, 9.17) is 0 Å². The van der Waals surface area contributed by atoms with Crippen LogP contribution >= 0.6 is 11.8 Å². The third kappa shape index (κ3) is 4.23. The number of hydrogen-bond acceptors (Lipinski definition) is 3. The van der Waals surface area contributed by atoms with Crippen LogP contribution in [0.3, 0.4) is 0 Å². The predicted molar refractivity (Wildman–Crippen MR) is 69.9 cm³/mol. The van der Waals surface area contributed by atoms with Crippen molar-refractivity contribution in [3.63, 3.8) is 0 Å². The summed E-state index contributed by atoms with van der Waals surface area (Å²) in [7, 11) is 1.76. The lowest BCUT2D eigenvalue weighted by atomic mass is 10.3. The molecule has 1 aromatic rings. The fourth-order valence-corrected chi connectivity index (χ4v) is 1.81. The molecule has 1 heterocycles. The fourth-order valence-electron chi connectivity index (χ4n) is 1.05. The SMILES string of the molecule is CN(C(=O)CSC(C)(C)C)c1ccccn1. The minimum absolute atomic E-state index is 0.0821. The van der Waals surface area contributed by atoms with Crippen LogP contribution in [0.25, 0.3) is 0 Å². The summed E-state index contributed by atoms with van der Waals surface area (Å²) in [5.41, 5.74) is 0. The Labute approximate surface area is 101 Å². The number of thioether (sulfide) groups is 1. The largest absolute Gasteiger partial charge is 0.299 e. The van der Waals surface area contributed by atoms with E-state index >= 15 is 0 Å². The van der Waals surface area contributed by atoms with E-state index in [9.17, 15) is 4.79 Å². The van der Waals surface area contributed by atoms with Crippen molar-refractivity contribution in [1.82, 2.24) is 4.98 Å². The van der Waals surface area contributed by atoms with E-state index in [0.717, 1.165) is 0 Å². The van der Waals surface area contributed by atoms with Crippen LogP contribution in [0.15, 0.2) is 24.4 Å². The van der Waals surface area contributed by atoms with Gasteiger partial charge in [0.15, 0.2) is 0 Å². The van der Waals surface area contributed by atoms with Gasteiger partial charge < -0.3 is 0 Å². The molecule has 3 nitrogen and oxygen atoms in total. The van der Waals surface area contributed by atoms with Crippen LogP contribution in [0.5, 0.6) is 0 Å². The number of rotatable bonds is 3. The molecule has 0 saturated heterocycles. The van der Waals surface area contributed by atoms with Gasteiger partial charge in [0.1, 0.15) is 5.82 Å². The lowest BCUT2D eigenvalue weighted by Crippen LogP contribution is -2.30. The van der Waals surface area contributed by atoms with Crippen LogP contribution in [-0.4, -0.2) is 28.4 Å². The fraction of sp³-hybridized carbons (Fsp3) is 0.500. The highest BCUT2D eigenvalue weighted by molar-refractivity contribution is 8.01. The summed E-state index contributed by atoms with van der Waals surface area (Å²) in [4.78, 5) is 17.6. The van der Waals surface area contributed by atoms with E-state index in [1.807, 2.05) is 18.2 Å². The number of pyridine rings is 1. The zero-order valence-electron chi connectivity index (χ0n) is 10.2. The Balaban J connectivity index is 2.55. The Morgan fingerprint density at radius 2 is 2.12 bits per heavy atom. The van der Waals surface area contributed by atoms with Gasteiger partial charge in [0.2, 0.25) is 5.91 Å². The maximum atomic E-state index is 11.9. The topological polar surface area (TPSA) is 33.2 Å². The van der Waals surface area contributed by atoms with Gasteiger partial charge in [-0.1, -0.05) is 26.8 Å². The highest BCUT2D eigenvalue weighted by atomic mass is 32.2. The first-order valence-corrected chi connectivity index (χ1v) is 6.20. The number of aromatic nitrogens is 1. The molecule has 16 heavy (non-hydrogen) atoms. The minimum Gasteiger partial charge on any atom is -0.299 e. The van der Waals surface area contributed by atoms with Crippen LogP contribution in [0.2, 0.25) is 0 Å². The third-order valence-electron chi connectivity index (χ3n) is 2.00. The van der Waals surface area contributed by atoms with E-state index in [0.29, 0.717) is 11.6 Å². The van der Waals surface area contributed by atoms with E-state index in [1.165, 1.54) is 0 Å². The number of nitrogens with zero attached hydrogens (tertiary/aromatic N) is 2. The highest BCUT2D eigenvalue weighted by Gasteiger charge is 2.17. The molecule has 0 N–H and O–H groups in total. The summed E-state index contributed by atoms with van der Waals surface area (Å²) in [6.45, 7) is 6.31. The smallest absolute Gasteiger partial charge is 0.237 e. The zero-order valence-corrected chi connectivity index (χ0v) is 11.0. The van der Waals surface area contributed by atoms with Crippen LogP contribution in [0.4, 0.5) is 5.82 Å². The molecule has 1 rings (SSSR count).